The average Bonchev–Trinajstić information content (AvgIpc) is 2.99. The Hall–Kier alpha value is -1.72. The Bertz CT molecular complexity index is 791. The van der Waals surface area contributed by atoms with E-state index >= 15 is 0 Å². The van der Waals surface area contributed by atoms with Gasteiger partial charge in [-0.05, 0) is 19.4 Å². The maximum Gasteiger partial charge on any atom is 0.257 e. The van der Waals surface area contributed by atoms with Gasteiger partial charge in [0.15, 0.2) is 0 Å². The molecule has 3 heterocycles. The van der Waals surface area contributed by atoms with E-state index < -0.39 is 0 Å². The molecule has 0 spiro atoms. The maximum atomic E-state index is 13.1. The number of benzene rings is 1. The molecule has 4 rings (SSSR count). The van der Waals surface area contributed by atoms with E-state index in [4.69, 9.17) is 4.42 Å². The topological polar surface area (TPSA) is 36.7 Å². The molecule has 0 atom stereocenters. The minimum atomic E-state index is 0.157. The van der Waals surface area contributed by atoms with Crippen molar-refractivity contribution >= 4 is 17.7 Å². The van der Waals surface area contributed by atoms with Crippen LogP contribution in [0.15, 0.2) is 28.7 Å². The van der Waals surface area contributed by atoms with E-state index in [2.05, 4.69) is 36.1 Å². The number of rotatable bonds is 3. The van der Waals surface area contributed by atoms with Gasteiger partial charge in [-0.2, -0.15) is 11.8 Å². The van der Waals surface area contributed by atoms with Crippen LogP contribution in [0, 0.1) is 13.8 Å². The van der Waals surface area contributed by atoms with Crippen LogP contribution in [0.3, 0.4) is 0 Å². The minimum Gasteiger partial charge on any atom is -0.465 e. The van der Waals surface area contributed by atoms with Crippen molar-refractivity contribution in [2.75, 3.05) is 31.1 Å². The van der Waals surface area contributed by atoms with Crippen molar-refractivity contribution < 1.29 is 9.21 Å². The molecular weight excluding hydrogens is 344 g/mol. The summed E-state index contributed by atoms with van der Waals surface area (Å²) in [6, 6.07) is 8.72. The SMILES string of the molecule is Cc1ccc(CN2CCc3oc(C)c(C(=O)N4CCSCC4)c3C2)cc1. The lowest BCUT2D eigenvalue weighted by molar-refractivity contribution is 0.0768. The molecule has 2 aromatic rings. The number of hydrogen-bond acceptors (Lipinski definition) is 4. The number of carbonyl (C=O) groups is 1. The molecule has 26 heavy (non-hydrogen) atoms. The number of furan rings is 1. The molecule has 138 valence electrons. The molecule has 5 heteroatoms. The van der Waals surface area contributed by atoms with Gasteiger partial charge in [0, 0.05) is 56.2 Å². The lowest BCUT2D eigenvalue weighted by atomic mass is 10.0. The summed E-state index contributed by atoms with van der Waals surface area (Å²) in [7, 11) is 0. The summed E-state index contributed by atoms with van der Waals surface area (Å²) in [6.45, 7) is 8.42. The fourth-order valence-corrected chi connectivity index (χ4v) is 4.77. The zero-order valence-electron chi connectivity index (χ0n) is 15.6. The molecule has 4 nitrogen and oxygen atoms in total. The zero-order valence-corrected chi connectivity index (χ0v) is 16.4. The number of fused-ring (bicyclic) bond motifs is 1. The van der Waals surface area contributed by atoms with Gasteiger partial charge < -0.3 is 9.32 Å². The predicted molar refractivity (Wildman–Crippen MR) is 106 cm³/mol. The Balaban J connectivity index is 1.54. The lowest BCUT2D eigenvalue weighted by Crippen LogP contribution is -2.39. The minimum absolute atomic E-state index is 0.157. The van der Waals surface area contributed by atoms with Gasteiger partial charge in [-0.25, -0.2) is 0 Å². The molecule has 1 aromatic heterocycles. The van der Waals surface area contributed by atoms with Crippen LogP contribution in [0.1, 0.15) is 38.6 Å². The van der Waals surface area contributed by atoms with Gasteiger partial charge in [-0.15, -0.1) is 0 Å². The highest BCUT2D eigenvalue weighted by atomic mass is 32.2. The fourth-order valence-electron chi connectivity index (χ4n) is 3.87. The fraction of sp³-hybridized carbons (Fsp3) is 0.476. The number of carbonyl (C=O) groups excluding carboxylic acids is 1. The van der Waals surface area contributed by atoms with Crippen LogP contribution in [0.5, 0.6) is 0 Å². The van der Waals surface area contributed by atoms with Crippen LogP contribution in [0.4, 0.5) is 0 Å². The Morgan fingerprint density at radius 1 is 1.12 bits per heavy atom. The summed E-state index contributed by atoms with van der Waals surface area (Å²) in [4.78, 5) is 17.5. The Morgan fingerprint density at radius 2 is 1.85 bits per heavy atom. The highest BCUT2D eigenvalue weighted by molar-refractivity contribution is 7.99. The number of hydrogen-bond donors (Lipinski definition) is 0. The smallest absolute Gasteiger partial charge is 0.257 e. The molecule has 0 aliphatic carbocycles. The van der Waals surface area contributed by atoms with E-state index in [1.807, 2.05) is 23.6 Å². The van der Waals surface area contributed by atoms with Gasteiger partial charge in [0.1, 0.15) is 11.5 Å². The molecule has 1 amide bonds. The first kappa shape index (κ1) is 17.7. The molecule has 0 N–H and O–H groups in total. The first-order chi connectivity index (χ1) is 12.6. The second-order valence-electron chi connectivity index (χ2n) is 7.29. The van der Waals surface area contributed by atoms with Crippen molar-refractivity contribution in [3.05, 3.63) is 58.0 Å². The van der Waals surface area contributed by atoms with Crippen molar-refractivity contribution in [3.63, 3.8) is 0 Å². The van der Waals surface area contributed by atoms with E-state index in [0.717, 1.165) is 73.3 Å². The number of thioether (sulfide) groups is 1. The second kappa shape index (κ2) is 7.49. The standard InChI is InChI=1S/C21H26N2O2S/c1-15-3-5-17(6-4-15)13-22-8-7-19-18(14-22)20(16(2)25-19)21(24)23-9-11-26-12-10-23/h3-6H,7-14H2,1-2H3. The van der Waals surface area contributed by atoms with E-state index in [1.54, 1.807) is 0 Å². The maximum absolute atomic E-state index is 13.1. The molecule has 1 aromatic carbocycles. The molecule has 0 radical (unpaired) electrons. The number of aryl methyl sites for hydroxylation is 2. The normalized spacial score (nSPS) is 18.0. The highest BCUT2D eigenvalue weighted by Gasteiger charge is 2.31. The van der Waals surface area contributed by atoms with Crippen molar-refractivity contribution in [2.24, 2.45) is 0 Å². The van der Waals surface area contributed by atoms with Gasteiger partial charge in [0.05, 0.1) is 5.56 Å². The van der Waals surface area contributed by atoms with Gasteiger partial charge in [-0.1, -0.05) is 29.8 Å². The van der Waals surface area contributed by atoms with E-state index in [0.29, 0.717) is 0 Å². The molecule has 1 fully saturated rings. The van der Waals surface area contributed by atoms with Crippen LogP contribution in [0.25, 0.3) is 0 Å². The van der Waals surface area contributed by atoms with E-state index in [1.165, 1.54) is 11.1 Å². The summed E-state index contributed by atoms with van der Waals surface area (Å²) in [5.74, 6) is 4.02. The van der Waals surface area contributed by atoms with Gasteiger partial charge in [0.2, 0.25) is 0 Å². The summed E-state index contributed by atoms with van der Waals surface area (Å²) in [5.41, 5.74) is 4.54. The third-order valence-corrected chi connectivity index (χ3v) is 6.28. The van der Waals surface area contributed by atoms with Crippen molar-refractivity contribution in [3.8, 4) is 0 Å². The monoisotopic (exact) mass is 370 g/mol. The Morgan fingerprint density at radius 3 is 2.58 bits per heavy atom. The third-order valence-electron chi connectivity index (χ3n) is 5.34. The van der Waals surface area contributed by atoms with Crippen LogP contribution in [0.2, 0.25) is 0 Å². The molecular formula is C21H26N2O2S. The second-order valence-corrected chi connectivity index (χ2v) is 8.51. The number of amides is 1. The van der Waals surface area contributed by atoms with Gasteiger partial charge >= 0.3 is 0 Å². The molecule has 0 bridgehead atoms. The van der Waals surface area contributed by atoms with Crippen LogP contribution >= 0.6 is 11.8 Å². The van der Waals surface area contributed by atoms with Crippen molar-refractivity contribution in [2.45, 2.75) is 33.4 Å². The third kappa shape index (κ3) is 3.55. The first-order valence-corrected chi connectivity index (χ1v) is 10.5. The molecule has 0 saturated carbocycles. The van der Waals surface area contributed by atoms with E-state index in [-0.39, 0.29) is 5.91 Å². The van der Waals surface area contributed by atoms with Crippen LogP contribution in [-0.4, -0.2) is 46.8 Å². The van der Waals surface area contributed by atoms with Crippen molar-refractivity contribution in [1.82, 2.24) is 9.80 Å². The van der Waals surface area contributed by atoms with E-state index in [9.17, 15) is 4.79 Å². The summed E-state index contributed by atoms with van der Waals surface area (Å²) in [6.07, 6.45) is 0.880. The molecule has 2 aliphatic rings. The average molecular weight is 371 g/mol. The predicted octanol–water partition coefficient (Wildman–Crippen LogP) is 3.64. The Labute approximate surface area is 159 Å². The highest BCUT2D eigenvalue weighted by Crippen LogP contribution is 2.30. The molecule has 0 unspecified atom stereocenters. The summed E-state index contributed by atoms with van der Waals surface area (Å²) >= 11 is 1.92. The molecule has 2 aliphatic heterocycles. The number of nitrogens with zero attached hydrogens (tertiary/aromatic N) is 2. The molecule has 1 saturated heterocycles. The first-order valence-electron chi connectivity index (χ1n) is 9.38. The quantitative estimate of drug-likeness (QED) is 0.826. The summed E-state index contributed by atoms with van der Waals surface area (Å²) in [5, 5.41) is 0. The van der Waals surface area contributed by atoms with Gasteiger partial charge in [0.25, 0.3) is 5.91 Å². The zero-order chi connectivity index (χ0) is 18.1. The van der Waals surface area contributed by atoms with Crippen molar-refractivity contribution in [1.29, 1.82) is 0 Å². The lowest BCUT2D eigenvalue weighted by Gasteiger charge is -2.29. The Kier molecular flexibility index (Phi) is 5.09. The van der Waals surface area contributed by atoms with Crippen LogP contribution in [-0.2, 0) is 19.5 Å². The van der Waals surface area contributed by atoms with Crippen LogP contribution < -0.4 is 0 Å². The largest absolute Gasteiger partial charge is 0.465 e. The summed E-state index contributed by atoms with van der Waals surface area (Å²) < 4.78 is 5.98. The van der Waals surface area contributed by atoms with Gasteiger partial charge in [-0.3, -0.25) is 9.69 Å².